The van der Waals surface area contributed by atoms with Crippen LogP contribution < -0.4 is 10.1 Å². The highest BCUT2D eigenvalue weighted by Crippen LogP contribution is 2.33. The van der Waals surface area contributed by atoms with E-state index >= 15 is 0 Å². The van der Waals surface area contributed by atoms with Gasteiger partial charge in [0.05, 0.1) is 15.6 Å². The molecule has 0 bridgehead atoms. The fourth-order valence-electron chi connectivity index (χ4n) is 1.47. The molecule has 0 radical (unpaired) electrons. The number of para-hydroxylation sites is 2. The van der Waals surface area contributed by atoms with Crippen LogP contribution in [0.2, 0.25) is 8.67 Å². The SMILES string of the molecule is O=C(Nc1ccccc1OC(F)(F)F)c1cc(Cl)sc1Cl. The Bertz CT molecular complexity index is 673. The third kappa shape index (κ3) is 4.26. The van der Waals surface area contributed by atoms with Crippen LogP contribution in [-0.4, -0.2) is 12.3 Å². The molecule has 112 valence electrons. The molecule has 1 heterocycles. The Kier molecular flexibility index (Phi) is 4.65. The van der Waals surface area contributed by atoms with Crippen molar-refractivity contribution in [3.05, 3.63) is 44.6 Å². The van der Waals surface area contributed by atoms with Crippen molar-refractivity contribution in [3.63, 3.8) is 0 Å². The first-order valence-electron chi connectivity index (χ1n) is 5.37. The number of ether oxygens (including phenoxy) is 1. The van der Waals surface area contributed by atoms with Gasteiger partial charge in [0.2, 0.25) is 0 Å². The molecular weight excluding hydrogens is 350 g/mol. The van der Waals surface area contributed by atoms with E-state index in [-0.39, 0.29) is 15.6 Å². The van der Waals surface area contributed by atoms with Gasteiger partial charge in [-0.15, -0.1) is 24.5 Å². The third-order valence-corrected chi connectivity index (χ3v) is 3.75. The molecule has 0 saturated carbocycles. The van der Waals surface area contributed by atoms with Gasteiger partial charge >= 0.3 is 6.36 Å². The summed E-state index contributed by atoms with van der Waals surface area (Å²) in [6, 6.07) is 6.51. The lowest BCUT2D eigenvalue weighted by Gasteiger charge is -2.13. The number of amides is 1. The minimum atomic E-state index is -4.86. The molecule has 1 N–H and O–H groups in total. The minimum absolute atomic E-state index is 0.0773. The predicted octanol–water partition coefficient (Wildman–Crippen LogP) is 5.21. The summed E-state index contributed by atoms with van der Waals surface area (Å²) in [7, 11) is 0. The fraction of sp³-hybridized carbons (Fsp3) is 0.0833. The molecule has 0 aliphatic rings. The zero-order valence-electron chi connectivity index (χ0n) is 10.0. The molecule has 1 aromatic carbocycles. The van der Waals surface area contributed by atoms with Crippen molar-refractivity contribution in [2.24, 2.45) is 0 Å². The van der Waals surface area contributed by atoms with Crippen LogP contribution in [0.3, 0.4) is 0 Å². The van der Waals surface area contributed by atoms with Crippen LogP contribution in [0, 0.1) is 0 Å². The molecule has 21 heavy (non-hydrogen) atoms. The summed E-state index contributed by atoms with van der Waals surface area (Å²) in [5.41, 5.74) is -0.0494. The van der Waals surface area contributed by atoms with Crippen LogP contribution in [0.25, 0.3) is 0 Å². The highest BCUT2D eigenvalue weighted by Gasteiger charge is 2.32. The normalized spacial score (nSPS) is 11.3. The van der Waals surface area contributed by atoms with Crippen molar-refractivity contribution in [1.82, 2.24) is 0 Å². The highest BCUT2D eigenvalue weighted by atomic mass is 35.5. The average Bonchev–Trinajstić information content (AvgIpc) is 2.69. The van der Waals surface area contributed by atoms with E-state index in [9.17, 15) is 18.0 Å². The summed E-state index contributed by atoms with van der Waals surface area (Å²) >= 11 is 12.5. The lowest BCUT2D eigenvalue weighted by molar-refractivity contribution is -0.274. The van der Waals surface area contributed by atoms with Crippen molar-refractivity contribution >= 4 is 46.1 Å². The zero-order valence-corrected chi connectivity index (χ0v) is 12.3. The lowest BCUT2D eigenvalue weighted by Crippen LogP contribution is -2.19. The molecule has 0 saturated heterocycles. The molecule has 1 aromatic heterocycles. The second-order valence-electron chi connectivity index (χ2n) is 3.74. The molecule has 1 amide bonds. The molecule has 3 nitrogen and oxygen atoms in total. The molecule has 2 aromatic rings. The number of hydrogen-bond acceptors (Lipinski definition) is 3. The average molecular weight is 356 g/mol. The summed E-state index contributed by atoms with van der Waals surface area (Å²) in [4.78, 5) is 12.0. The van der Waals surface area contributed by atoms with E-state index in [1.807, 2.05) is 0 Å². The van der Waals surface area contributed by atoms with Gasteiger partial charge in [0.15, 0.2) is 5.75 Å². The van der Waals surface area contributed by atoms with Gasteiger partial charge in [-0.05, 0) is 18.2 Å². The van der Waals surface area contributed by atoms with E-state index in [1.165, 1.54) is 24.3 Å². The Balaban J connectivity index is 2.24. The van der Waals surface area contributed by atoms with E-state index in [0.29, 0.717) is 4.34 Å². The number of anilines is 1. The summed E-state index contributed by atoms with van der Waals surface area (Å²) < 4.78 is 41.1. The quantitative estimate of drug-likeness (QED) is 0.820. The first-order valence-corrected chi connectivity index (χ1v) is 6.94. The summed E-state index contributed by atoms with van der Waals surface area (Å²) in [5.74, 6) is -1.20. The summed E-state index contributed by atoms with van der Waals surface area (Å²) in [6.45, 7) is 0. The van der Waals surface area contributed by atoms with Gasteiger partial charge in [0.25, 0.3) is 5.91 Å². The number of carbonyl (C=O) groups excluding carboxylic acids is 1. The van der Waals surface area contributed by atoms with Gasteiger partial charge in [-0.2, -0.15) is 0 Å². The van der Waals surface area contributed by atoms with Gasteiger partial charge < -0.3 is 10.1 Å². The van der Waals surface area contributed by atoms with Crippen LogP contribution in [0.15, 0.2) is 30.3 Å². The van der Waals surface area contributed by atoms with Gasteiger partial charge in [-0.25, -0.2) is 0 Å². The van der Waals surface area contributed by atoms with E-state index in [4.69, 9.17) is 23.2 Å². The number of hydrogen-bond donors (Lipinski definition) is 1. The molecular formula is C12H6Cl2F3NO2S. The topological polar surface area (TPSA) is 38.3 Å². The fourth-order valence-corrected chi connectivity index (χ4v) is 2.93. The minimum Gasteiger partial charge on any atom is -0.404 e. The molecule has 0 unspecified atom stereocenters. The van der Waals surface area contributed by atoms with Crippen molar-refractivity contribution in [2.75, 3.05) is 5.32 Å². The smallest absolute Gasteiger partial charge is 0.404 e. The van der Waals surface area contributed by atoms with E-state index in [0.717, 1.165) is 17.4 Å². The molecule has 2 rings (SSSR count). The molecule has 0 fully saturated rings. The number of thiophene rings is 1. The summed E-state index contributed by atoms with van der Waals surface area (Å²) in [5, 5.41) is 2.30. The molecule has 0 spiro atoms. The van der Waals surface area contributed by atoms with Crippen molar-refractivity contribution in [3.8, 4) is 5.75 Å². The molecule has 0 aliphatic heterocycles. The Morgan fingerprint density at radius 3 is 2.48 bits per heavy atom. The maximum absolute atomic E-state index is 12.3. The van der Waals surface area contributed by atoms with Crippen LogP contribution in [0.5, 0.6) is 5.75 Å². The number of rotatable bonds is 3. The largest absolute Gasteiger partial charge is 0.573 e. The van der Waals surface area contributed by atoms with Crippen LogP contribution >= 0.6 is 34.5 Å². The number of nitrogens with one attached hydrogen (secondary N) is 1. The number of alkyl halides is 3. The summed E-state index contributed by atoms with van der Waals surface area (Å²) in [6.07, 6.45) is -4.86. The maximum Gasteiger partial charge on any atom is 0.573 e. The monoisotopic (exact) mass is 355 g/mol. The number of carbonyl (C=O) groups is 1. The van der Waals surface area contributed by atoms with Crippen molar-refractivity contribution in [2.45, 2.75) is 6.36 Å². The molecule has 9 heteroatoms. The predicted molar refractivity (Wildman–Crippen MR) is 75.4 cm³/mol. The van der Waals surface area contributed by atoms with E-state index < -0.39 is 18.0 Å². The third-order valence-electron chi connectivity index (χ3n) is 2.26. The Morgan fingerprint density at radius 2 is 1.90 bits per heavy atom. The Morgan fingerprint density at radius 1 is 1.24 bits per heavy atom. The first kappa shape index (κ1) is 15.9. The standard InChI is InChI=1S/C12H6Cl2F3NO2S/c13-9-5-6(10(14)21-9)11(19)18-7-3-1-2-4-8(7)20-12(15,16)17/h1-5H,(H,18,19). The number of benzene rings is 1. The van der Waals surface area contributed by atoms with Gasteiger partial charge in [-0.3, -0.25) is 4.79 Å². The van der Waals surface area contributed by atoms with E-state index in [1.54, 1.807) is 0 Å². The second-order valence-corrected chi connectivity index (χ2v) is 6.02. The van der Waals surface area contributed by atoms with Crippen molar-refractivity contribution < 1.29 is 22.7 Å². The van der Waals surface area contributed by atoms with Crippen LogP contribution in [0.4, 0.5) is 18.9 Å². The van der Waals surface area contributed by atoms with Crippen molar-refractivity contribution in [1.29, 1.82) is 0 Å². The molecule has 0 aliphatic carbocycles. The lowest BCUT2D eigenvalue weighted by atomic mass is 10.2. The Labute approximate surface area is 131 Å². The van der Waals surface area contributed by atoms with E-state index in [2.05, 4.69) is 10.1 Å². The Hall–Kier alpha value is -1.44. The van der Waals surface area contributed by atoms with Gasteiger partial charge in [0, 0.05) is 0 Å². The number of halogens is 5. The second kappa shape index (κ2) is 6.13. The first-order chi connectivity index (χ1) is 9.76. The van der Waals surface area contributed by atoms with Gasteiger partial charge in [0.1, 0.15) is 4.34 Å². The zero-order chi connectivity index (χ0) is 15.6. The molecule has 0 atom stereocenters. The van der Waals surface area contributed by atoms with Crippen LogP contribution in [0.1, 0.15) is 10.4 Å². The van der Waals surface area contributed by atoms with Gasteiger partial charge in [-0.1, -0.05) is 35.3 Å². The van der Waals surface area contributed by atoms with Crippen LogP contribution in [-0.2, 0) is 0 Å². The maximum atomic E-state index is 12.3. The highest BCUT2D eigenvalue weighted by molar-refractivity contribution is 7.20.